The molecule has 2 N–H and O–H groups in total. The molecule has 0 aliphatic rings. The fourth-order valence-corrected chi connectivity index (χ4v) is 7.19. The maximum Gasteiger partial charge on any atom is 0.360 e. The van der Waals surface area contributed by atoms with Gasteiger partial charge in [0.05, 0.1) is 45.9 Å². The van der Waals surface area contributed by atoms with Gasteiger partial charge in [0, 0.05) is 35.8 Å². The second kappa shape index (κ2) is 19.0. The fourth-order valence-electron chi connectivity index (χ4n) is 5.28. The van der Waals surface area contributed by atoms with Gasteiger partial charge < -0.3 is 29.2 Å². The quantitative estimate of drug-likeness (QED) is 0.103. The minimum absolute atomic E-state index is 0.0508. The van der Waals surface area contributed by atoms with Gasteiger partial charge in [0.1, 0.15) is 48.2 Å². The summed E-state index contributed by atoms with van der Waals surface area (Å²) in [6.45, 7) is 4.08. The number of carbonyl (C=O) groups is 3. The number of carboxylic acids is 1. The van der Waals surface area contributed by atoms with Crippen LogP contribution in [0, 0.1) is 11.6 Å². The zero-order valence-corrected chi connectivity index (χ0v) is 32.2. The first kappa shape index (κ1) is 41.1. The minimum atomic E-state index is -1.13. The largest absolute Gasteiger partial charge is 0.504 e. The number of aromatic hydroxyl groups is 1. The summed E-state index contributed by atoms with van der Waals surface area (Å²) in [7, 11) is 3.09. The van der Waals surface area contributed by atoms with Crippen LogP contribution in [0.15, 0.2) is 72.9 Å². The number of hydrogen-bond donors (Lipinski definition) is 2. The van der Waals surface area contributed by atoms with Crippen LogP contribution in [0.1, 0.15) is 45.3 Å². The summed E-state index contributed by atoms with van der Waals surface area (Å²) in [6, 6.07) is 16.9. The van der Waals surface area contributed by atoms with Crippen LogP contribution in [0.3, 0.4) is 0 Å². The number of ether oxygens (including phenoxy) is 4. The summed E-state index contributed by atoms with van der Waals surface area (Å²) in [4.78, 5) is 50.5. The maximum absolute atomic E-state index is 13.3. The Labute approximate surface area is 327 Å². The third-order valence-corrected chi connectivity index (χ3v) is 10.1. The van der Waals surface area contributed by atoms with Crippen LogP contribution in [-0.4, -0.2) is 82.0 Å². The number of rotatable bonds is 14. The molecule has 0 saturated carbocycles. The minimum Gasteiger partial charge on any atom is -0.504 e. The molecule has 0 bridgehead atoms. The van der Waals surface area contributed by atoms with Crippen molar-refractivity contribution in [3.63, 3.8) is 0 Å². The van der Waals surface area contributed by atoms with E-state index in [1.54, 1.807) is 62.3 Å². The number of methoxy groups -OCH3 is 2. The first-order chi connectivity index (χ1) is 26.9. The van der Waals surface area contributed by atoms with Gasteiger partial charge in [-0.15, -0.1) is 22.7 Å². The monoisotopic (exact) mass is 806 g/mol. The summed E-state index contributed by atoms with van der Waals surface area (Å²) in [5, 5.41) is 21.0. The van der Waals surface area contributed by atoms with E-state index in [2.05, 4.69) is 15.0 Å². The molecule has 56 heavy (non-hydrogen) atoms. The van der Waals surface area contributed by atoms with Gasteiger partial charge in [-0.1, -0.05) is 6.07 Å². The number of carboxylic acid groups (broad SMARTS) is 1. The van der Waals surface area contributed by atoms with E-state index < -0.39 is 23.7 Å². The molecule has 0 aliphatic carbocycles. The van der Waals surface area contributed by atoms with Crippen LogP contribution in [0.2, 0.25) is 0 Å². The average molecular weight is 807 g/mol. The van der Waals surface area contributed by atoms with Crippen molar-refractivity contribution in [3.05, 3.63) is 106 Å². The Bertz CT molecular complexity index is 2320. The molecule has 17 heteroatoms. The molecule has 292 valence electrons. The number of hydrogen-bond acceptors (Lipinski definition) is 14. The number of aromatic carboxylic acids is 1. The van der Waals surface area contributed by atoms with E-state index >= 15 is 0 Å². The highest BCUT2D eigenvalue weighted by Crippen LogP contribution is 2.37. The zero-order chi connectivity index (χ0) is 40.4. The number of halogens is 2. The molecular weight excluding hydrogens is 771 g/mol. The molecular formula is C39H36F2N4O9S2. The Kier molecular flexibility index (Phi) is 14.0. The van der Waals surface area contributed by atoms with Crippen molar-refractivity contribution in [2.24, 2.45) is 0 Å². The molecule has 13 nitrogen and oxygen atoms in total. The third-order valence-electron chi connectivity index (χ3n) is 7.87. The highest BCUT2D eigenvalue weighted by molar-refractivity contribution is 7.22. The van der Waals surface area contributed by atoms with Gasteiger partial charge in [0.2, 0.25) is 0 Å². The van der Waals surface area contributed by atoms with Crippen LogP contribution in [0.5, 0.6) is 17.2 Å². The lowest BCUT2D eigenvalue weighted by molar-refractivity contribution is -0.144. The van der Waals surface area contributed by atoms with Crippen molar-refractivity contribution in [3.8, 4) is 38.4 Å². The number of nitrogens with zero attached hydrogens (tertiary/aromatic N) is 4. The van der Waals surface area contributed by atoms with E-state index in [0.717, 1.165) is 22.5 Å². The summed E-state index contributed by atoms with van der Waals surface area (Å²) in [5.74, 6) is -2.04. The summed E-state index contributed by atoms with van der Waals surface area (Å²) in [5.41, 5.74) is 2.74. The number of carbonyl (C=O) groups excluding carboxylic acids is 2. The van der Waals surface area contributed by atoms with E-state index in [0.29, 0.717) is 43.0 Å². The summed E-state index contributed by atoms with van der Waals surface area (Å²) >= 11 is 2.20. The van der Waals surface area contributed by atoms with Gasteiger partial charge in [-0.3, -0.25) is 9.69 Å². The van der Waals surface area contributed by atoms with Gasteiger partial charge in [-0.25, -0.2) is 33.3 Å². The van der Waals surface area contributed by atoms with Crippen LogP contribution in [0.4, 0.5) is 8.78 Å². The average Bonchev–Trinajstić information content (AvgIpc) is 3.82. The second-order valence-corrected chi connectivity index (χ2v) is 13.6. The highest BCUT2D eigenvalue weighted by Gasteiger charge is 2.24. The van der Waals surface area contributed by atoms with Crippen molar-refractivity contribution < 1.29 is 52.3 Å². The number of thiazole rings is 2. The lowest BCUT2D eigenvalue weighted by atomic mass is 10.1. The lowest BCUT2D eigenvalue weighted by Gasteiger charge is -2.22. The summed E-state index contributed by atoms with van der Waals surface area (Å²) in [6.07, 6.45) is 1.41. The number of esters is 2. The van der Waals surface area contributed by atoms with Crippen molar-refractivity contribution in [1.82, 2.24) is 19.9 Å². The third kappa shape index (κ3) is 10.2. The van der Waals surface area contributed by atoms with E-state index in [4.69, 9.17) is 18.9 Å². The Morgan fingerprint density at radius 2 is 1.43 bits per heavy atom. The molecule has 3 heterocycles. The Hall–Kier alpha value is -6.04. The van der Waals surface area contributed by atoms with Crippen molar-refractivity contribution in [2.45, 2.75) is 26.9 Å². The van der Waals surface area contributed by atoms with E-state index in [-0.39, 0.29) is 55.0 Å². The highest BCUT2D eigenvalue weighted by atomic mass is 32.1. The van der Waals surface area contributed by atoms with Crippen LogP contribution in [-0.2, 0) is 27.4 Å². The number of pyridine rings is 1. The van der Waals surface area contributed by atoms with Gasteiger partial charge in [0.25, 0.3) is 0 Å². The van der Waals surface area contributed by atoms with Gasteiger partial charge in [-0.2, -0.15) is 0 Å². The molecule has 0 fully saturated rings. The van der Waals surface area contributed by atoms with Crippen LogP contribution < -0.4 is 9.47 Å². The molecule has 0 aliphatic heterocycles. The molecule has 0 radical (unpaired) electrons. The molecule has 6 aromatic rings. The molecule has 0 unspecified atom stereocenters. The Balaban J connectivity index is 0.000000234. The standard InChI is InChI=1S/C24H25FN2O6S.C15H11FN2O3S/c1-4-33-21(28)14-27(12-16-7-10-18(31-2)11-20(16)32-3)13-19-22(24(29)30)34-23(26-19)15-5-8-17(25)9-6-15;1-2-21-15(20)11-12(19)13-10(7-17-11)18-14(22-13)8-3-5-9(16)6-4-8/h5-11H,4,12-14H2,1-3H3,(H,29,30);3-7,19H,2H2,1H3. The van der Waals surface area contributed by atoms with Crippen LogP contribution >= 0.6 is 22.7 Å². The second-order valence-electron chi connectivity index (χ2n) is 11.7. The Morgan fingerprint density at radius 3 is 2.00 bits per heavy atom. The fraction of sp³-hybridized carbons (Fsp3) is 0.231. The van der Waals surface area contributed by atoms with Gasteiger partial charge >= 0.3 is 17.9 Å². The molecule has 6 rings (SSSR count). The van der Waals surface area contributed by atoms with E-state index in [1.165, 1.54) is 48.9 Å². The predicted octanol–water partition coefficient (Wildman–Crippen LogP) is 7.61. The van der Waals surface area contributed by atoms with Gasteiger partial charge in [0.15, 0.2) is 11.4 Å². The van der Waals surface area contributed by atoms with E-state index in [1.807, 2.05) is 6.07 Å². The first-order valence-electron chi connectivity index (χ1n) is 16.9. The molecule has 0 amide bonds. The van der Waals surface area contributed by atoms with Crippen molar-refractivity contribution in [2.75, 3.05) is 34.0 Å². The van der Waals surface area contributed by atoms with Crippen molar-refractivity contribution in [1.29, 1.82) is 0 Å². The SMILES string of the molecule is CCOC(=O)CN(Cc1ccc(OC)cc1OC)Cc1nc(-c2ccc(F)cc2)sc1C(=O)O.CCOC(=O)c1ncc2nc(-c3ccc(F)cc3)sc2c1O. The lowest BCUT2D eigenvalue weighted by Crippen LogP contribution is -2.31. The molecule has 0 spiro atoms. The van der Waals surface area contributed by atoms with E-state index in [9.17, 15) is 33.4 Å². The molecule has 0 atom stereocenters. The normalized spacial score (nSPS) is 10.8. The van der Waals surface area contributed by atoms with Crippen molar-refractivity contribution >= 4 is 50.8 Å². The molecule has 3 aromatic carbocycles. The number of fused-ring (bicyclic) bond motifs is 1. The first-order valence-corrected chi connectivity index (χ1v) is 18.6. The zero-order valence-electron chi connectivity index (χ0n) is 30.6. The van der Waals surface area contributed by atoms with Crippen LogP contribution in [0.25, 0.3) is 31.4 Å². The Morgan fingerprint density at radius 1 is 0.804 bits per heavy atom. The predicted molar refractivity (Wildman–Crippen MR) is 205 cm³/mol. The maximum atomic E-state index is 13.3. The molecule has 3 aromatic heterocycles. The molecule has 0 saturated heterocycles. The topological polar surface area (TPSA) is 170 Å². The summed E-state index contributed by atoms with van der Waals surface area (Å²) < 4.78 is 47.4. The van der Waals surface area contributed by atoms with Gasteiger partial charge in [-0.05, 0) is 68.4 Å². The number of benzene rings is 3. The number of aromatic nitrogens is 3. The smallest absolute Gasteiger partial charge is 0.360 e.